The van der Waals surface area contributed by atoms with Gasteiger partial charge in [-0.2, -0.15) is 0 Å². The van der Waals surface area contributed by atoms with Crippen molar-refractivity contribution in [3.05, 3.63) is 41.0 Å². The van der Waals surface area contributed by atoms with Gasteiger partial charge in [0.1, 0.15) is 11.6 Å². The lowest BCUT2D eigenvalue weighted by Crippen LogP contribution is -2.15. The third-order valence-corrected chi connectivity index (χ3v) is 2.37. The van der Waals surface area contributed by atoms with Gasteiger partial charge in [0.2, 0.25) is 0 Å². The van der Waals surface area contributed by atoms with E-state index in [-0.39, 0.29) is 22.8 Å². The highest BCUT2D eigenvalue weighted by Gasteiger charge is 2.17. The molecule has 2 nitrogen and oxygen atoms in total. The Kier molecular flexibility index (Phi) is 4.48. The summed E-state index contributed by atoms with van der Waals surface area (Å²) in [5, 5.41) is 0. The van der Waals surface area contributed by atoms with Crippen LogP contribution in [0.2, 0.25) is 0 Å². The Morgan fingerprint density at radius 1 is 1.11 bits per heavy atom. The summed E-state index contributed by atoms with van der Waals surface area (Å²) in [5.41, 5.74) is 0.113. The highest BCUT2D eigenvalue weighted by molar-refractivity contribution is 6.23. The monoisotopic (exact) mass is 252 g/mol. The first kappa shape index (κ1) is 14.2. The van der Waals surface area contributed by atoms with E-state index in [1.54, 1.807) is 13.8 Å². The summed E-state index contributed by atoms with van der Waals surface area (Å²) in [7, 11) is 0. The van der Waals surface area contributed by atoms with Crippen LogP contribution in [0, 0.1) is 17.6 Å². The Bertz CT molecular complexity index is 496. The van der Waals surface area contributed by atoms with Crippen LogP contribution < -0.4 is 0 Å². The van der Waals surface area contributed by atoms with Crippen LogP contribution in [0.3, 0.4) is 0 Å². The average Bonchev–Trinajstić information content (AvgIpc) is 2.23. The number of hydrogen-bond donors (Lipinski definition) is 0. The Labute approximate surface area is 104 Å². The molecule has 1 aromatic rings. The molecule has 0 aliphatic rings. The maximum atomic E-state index is 13.0. The maximum absolute atomic E-state index is 13.0. The molecule has 4 heteroatoms. The molecule has 18 heavy (non-hydrogen) atoms. The van der Waals surface area contributed by atoms with Crippen molar-refractivity contribution in [2.45, 2.75) is 20.8 Å². The minimum atomic E-state index is -0.749. The van der Waals surface area contributed by atoms with Gasteiger partial charge in [-0.25, -0.2) is 8.78 Å². The molecule has 1 aromatic carbocycles. The lowest BCUT2D eigenvalue weighted by molar-refractivity contribution is -0.122. The second-order valence-electron chi connectivity index (χ2n) is 4.34. The smallest absolute Gasteiger partial charge is 0.168 e. The van der Waals surface area contributed by atoms with Gasteiger partial charge in [0.15, 0.2) is 11.6 Å². The van der Waals surface area contributed by atoms with Crippen LogP contribution in [0.15, 0.2) is 23.8 Å². The van der Waals surface area contributed by atoms with Crippen LogP contribution in [0.4, 0.5) is 8.78 Å². The van der Waals surface area contributed by atoms with Gasteiger partial charge in [0.05, 0.1) is 5.57 Å². The van der Waals surface area contributed by atoms with E-state index in [9.17, 15) is 18.4 Å². The van der Waals surface area contributed by atoms with E-state index in [0.717, 1.165) is 18.2 Å². The number of Topliss-reactive ketones (excluding diaryl/α,β-unsaturated/α-hetero) is 2. The third kappa shape index (κ3) is 3.58. The molecule has 0 heterocycles. The second kappa shape index (κ2) is 5.67. The zero-order valence-corrected chi connectivity index (χ0v) is 10.5. The van der Waals surface area contributed by atoms with Crippen LogP contribution in [-0.4, -0.2) is 11.6 Å². The highest BCUT2D eigenvalue weighted by atomic mass is 19.1. The molecule has 0 spiro atoms. The van der Waals surface area contributed by atoms with Gasteiger partial charge in [-0.1, -0.05) is 13.8 Å². The van der Waals surface area contributed by atoms with Gasteiger partial charge >= 0.3 is 0 Å². The molecule has 0 aliphatic heterocycles. The van der Waals surface area contributed by atoms with Crippen LogP contribution in [-0.2, 0) is 9.59 Å². The normalized spacial score (nSPS) is 11.8. The molecule has 96 valence electrons. The Morgan fingerprint density at radius 3 is 2.00 bits per heavy atom. The van der Waals surface area contributed by atoms with E-state index >= 15 is 0 Å². The molecule has 0 atom stereocenters. The van der Waals surface area contributed by atoms with Crippen molar-refractivity contribution in [3.8, 4) is 0 Å². The molecule has 0 saturated heterocycles. The second-order valence-corrected chi connectivity index (χ2v) is 4.34. The summed E-state index contributed by atoms with van der Waals surface area (Å²) in [4.78, 5) is 23.2. The standard InChI is InChI=1S/C14H14F2O2/c1-8(2)14(18)13(9(3)17)6-10-4-11(15)7-12(16)5-10/h4-8H,1-3H3/b13-6+. The molecule has 0 radical (unpaired) electrons. The van der Waals surface area contributed by atoms with Crippen molar-refractivity contribution in [3.63, 3.8) is 0 Å². The van der Waals surface area contributed by atoms with E-state index in [2.05, 4.69) is 0 Å². The number of carbonyl (C=O) groups is 2. The molecule has 0 bridgehead atoms. The minimum Gasteiger partial charge on any atom is -0.294 e. The number of rotatable bonds is 4. The Hall–Kier alpha value is -1.84. The van der Waals surface area contributed by atoms with Crippen LogP contribution in [0.1, 0.15) is 26.3 Å². The summed E-state index contributed by atoms with van der Waals surface area (Å²) in [6.07, 6.45) is 1.22. The van der Waals surface area contributed by atoms with Crippen molar-refractivity contribution in [1.29, 1.82) is 0 Å². The summed E-state index contributed by atoms with van der Waals surface area (Å²) in [5.74, 6) is -2.61. The first-order chi connectivity index (χ1) is 8.31. The van der Waals surface area contributed by atoms with Crippen molar-refractivity contribution >= 4 is 17.6 Å². The first-order valence-corrected chi connectivity index (χ1v) is 5.54. The van der Waals surface area contributed by atoms with Crippen molar-refractivity contribution in [2.75, 3.05) is 0 Å². The van der Waals surface area contributed by atoms with Gasteiger partial charge in [-0.3, -0.25) is 9.59 Å². The predicted molar refractivity (Wildman–Crippen MR) is 64.9 cm³/mol. The van der Waals surface area contributed by atoms with E-state index < -0.39 is 17.4 Å². The molecule has 0 amide bonds. The topological polar surface area (TPSA) is 34.1 Å². The molecule has 0 aliphatic carbocycles. The first-order valence-electron chi connectivity index (χ1n) is 5.54. The van der Waals surface area contributed by atoms with Gasteiger partial charge in [0, 0.05) is 12.0 Å². The third-order valence-electron chi connectivity index (χ3n) is 2.37. The average molecular weight is 252 g/mol. The van der Waals surface area contributed by atoms with E-state index in [1.807, 2.05) is 0 Å². The minimum absolute atomic E-state index is 0.0463. The fraction of sp³-hybridized carbons (Fsp3) is 0.286. The number of benzene rings is 1. The van der Waals surface area contributed by atoms with E-state index in [4.69, 9.17) is 0 Å². The van der Waals surface area contributed by atoms with Crippen molar-refractivity contribution in [2.24, 2.45) is 5.92 Å². The van der Waals surface area contributed by atoms with Gasteiger partial charge in [-0.15, -0.1) is 0 Å². The molecule has 0 fully saturated rings. The number of ketones is 2. The van der Waals surface area contributed by atoms with Gasteiger partial charge < -0.3 is 0 Å². The quantitative estimate of drug-likeness (QED) is 0.468. The summed E-state index contributed by atoms with van der Waals surface area (Å²) in [6, 6.07) is 2.87. The fourth-order valence-corrected chi connectivity index (χ4v) is 1.48. The number of hydrogen-bond acceptors (Lipinski definition) is 2. The summed E-state index contributed by atoms with van der Waals surface area (Å²) < 4.78 is 26.0. The molecule has 0 aromatic heterocycles. The summed E-state index contributed by atoms with van der Waals surface area (Å²) in [6.45, 7) is 4.57. The largest absolute Gasteiger partial charge is 0.294 e. The van der Waals surface area contributed by atoms with Crippen LogP contribution in [0.5, 0.6) is 0 Å². The lowest BCUT2D eigenvalue weighted by Gasteiger charge is -2.06. The van der Waals surface area contributed by atoms with Crippen LogP contribution >= 0.6 is 0 Å². The number of carbonyl (C=O) groups excluding carboxylic acids is 2. The molecule has 1 rings (SSSR count). The molecule has 0 saturated carbocycles. The molecule has 0 unspecified atom stereocenters. The zero-order valence-electron chi connectivity index (χ0n) is 10.5. The number of halogens is 2. The Morgan fingerprint density at radius 2 is 1.61 bits per heavy atom. The van der Waals surface area contributed by atoms with E-state index in [1.165, 1.54) is 13.0 Å². The maximum Gasteiger partial charge on any atom is 0.168 e. The Balaban J connectivity index is 3.24. The SMILES string of the molecule is CC(=O)/C(=C\c1cc(F)cc(F)c1)C(=O)C(C)C. The highest BCUT2D eigenvalue weighted by Crippen LogP contribution is 2.15. The van der Waals surface area contributed by atoms with Gasteiger partial charge in [0.25, 0.3) is 0 Å². The van der Waals surface area contributed by atoms with Crippen molar-refractivity contribution in [1.82, 2.24) is 0 Å². The van der Waals surface area contributed by atoms with Gasteiger partial charge in [-0.05, 0) is 30.7 Å². The van der Waals surface area contributed by atoms with E-state index in [0.29, 0.717) is 0 Å². The summed E-state index contributed by atoms with van der Waals surface area (Å²) >= 11 is 0. The molecular weight excluding hydrogens is 238 g/mol. The lowest BCUT2D eigenvalue weighted by atomic mass is 9.96. The fourth-order valence-electron chi connectivity index (χ4n) is 1.48. The molecule has 0 N–H and O–H groups in total. The predicted octanol–water partition coefficient (Wildman–Crippen LogP) is 3.16. The molecular formula is C14H14F2O2. The van der Waals surface area contributed by atoms with Crippen molar-refractivity contribution < 1.29 is 18.4 Å². The van der Waals surface area contributed by atoms with Crippen LogP contribution in [0.25, 0.3) is 6.08 Å². The number of allylic oxidation sites excluding steroid dienone is 1. The zero-order chi connectivity index (χ0) is 13.9.